The molecule has 1 saturated heterocycles. The van der Waals surface area contributed by atoms with Gasteiger partial charge in [-0.1, -0.05) is 6.92 Å². The summed E-state index contributed by atoms with van der Waals surface area (Å²) in [6, 6.07) is 6.56. The summed E-state index contributed by atoms with van der Waals surface area (Å²) in [7, 11) is -3.19. The lowest BCUT2D eigenvalue weighted by Gasteiger charge is -2.39. The molecule has 146 valence electrons. The summed E-state index contributed by atoms with van der Waals surface area (Å²) >= 11 is 0. The zero-order valence-corrected chi connectivity index (χ0v) is 16.5. The number of piperidine rings is 1. The van der Waals surface area contributed by atoms with E-state index in [9.17, 15) is 13.2 Å². The topological polar surface area (TPSA) is 89.7 Å². The second-order valence-corrected chi connectivity index (χ2v) is 9.07. The van der Waals surface area contributed by atoms with Gasteiger partial charge in [0.2, 0.25) is 5.91 Å². The van der Waals surface area contributed by atoms with Gasteiger partial charge in [-0.2, -0.15) is 0 Å². The summed E-state index contributed by atoms with van der Waals surface area (Å²) < 4.78 is 28.5. The minimum absolute atomic E-state index is 0.167. The van der Waals surface area contributed by atoms with Crippen LogP contribution in [0, 0.1) is 5.92 Å². The van der Waals surface area contributed by atoms with Crippen molar-refractivity contribution in [1.82, 2.24) is 4.90 Å². The number of nitrogens with two attached hydrogens (primary N) is 1. The van der Waals surface area contributed by atoms with Gasteiger partial charge < -0.3 is 15.4 Å². The number of carbonyl (C=O) groups excluding carboxylic acids is 1. The molecule has 0 unspecified atom stereocenters. The van der Waals surface area contributed by atoms with E-state index in [0.717, 1.165) is 32.2 Å². The van der Waals surface area contributed by atoms with E-state index < -0.39 is 9.84 Å². The Labute approximate surface area is 156 Å². The Bertz CT molecular complexity index is 688. The third-order valence-electron chi connectivity index (χ3n) is 4.98. The summed E-state index contributed by atoms with van der Waals surface area (Å²) in [4.78, 5) is 14.7. The van der Waals surface area contributed by atoms with Crippen LogP contribution < -0.4 is 10.5 Å². The van der Waals surface area contributed by atoms with Crippen LogP contribution in [0.4, 0.5) is 0 Å². The summed E-state index contributed by atoms with van der Waals surface area (Å²) in [6.45, 7) is 4.01. The van der Waals surface area contributed by atoms with Crippen LogP contribution in [0.1, 0.15) is 39.0 Å². The quantitative estimate of drug-likeness (QED) is 0.696. The molecular formula is C19H30N2O4S. The normalized spacial score (nSPS) is 20.8. The summed E-state index contributed by atoms with van der Waals surface area (Å²) in [5, 5.41) is 0. The summed E-state index contributed by atoms with van der Waals surface area (Å²) in [5.74, 6) is 1.29. The minimum atomic E-state index is -3.19. The highest BCUT2D eigenvalue weighted by Crippen LogP contribution is 2.23. The lowest BCUT2D eigenvalue weighted by Crippen LogP contribution is -2.51. The van der Waals surface area contributed by atoms with E-state index >= 15 is 0 Å². The third-order valence-corrected chi connectivity index (χ3v) is 6.11. The number of carbonyl (C=O) groups is 1. The fraction of sp³-hybridized carbons (Fsp3) is 0.632. The van der Waals surface area contributed by atoms with Gasteiger partial charge in [-0.3, -0.25) is 4.79 Å². The van der Waals surface area contributed by atoms with Crippen LogP contribution in [0.5, 0.6) is 5.75 Å². The predicted molar refractivity (Wildman–Crippen MR) is 102 cm³/mol. The summed E-state index contributed by atoms with van der Waals surface area (Å²) in [6.07, 6.45) is 5.42. The monoisotopic (exact) mass is 382 g/mol. The highest BCUT2D eigenvalue weighted by Gasteiger charge is 2.30. The Kier molecular flexibility index (Phi) is 7.46. The number of amides is 1. The first kappa shape index (κ1) is 20.7. The van der Waals surface area contributed by atoms with Gasteiger partial charge in [-0.25, -0.2) is 8.42 Å². The molecule has 0 bridgehead atoms. The number of hydrogen-bond donors (Lipinski definition) is 1. The van der Waals surface area contributed by atoms with Gasteiger partial charge in [0.25, 0.3) is 0 Å². The Balaban J connectivity index is 1.71. The molecule has 2 N–H and O–H groups in total. The molecule has 0 spiro atoms. The van der Waals surface area contributed by atoms with Crippen molar-refractivity contribution in [2.45, 2.75) is 50.0 Å². The fourth-order valence-electron chi connectivity index (χ4n) is 3.41. The molecule has 0 aliphatic carbocycles. The second kappa shape index (κ2) is 9.37. The second-order valence-electron chi connectivity index (χ2n) is 7.06. The van der Waals surface area contributed by atoms with E-state index in [4.69, 9.17) is 10.5 Å². The van der Waals surface area contributed by atoms with Crippen LogP contribution >= 0.6 is 0 Å². The van der Waals surface area contributed by atoms with Gasteiger partial charge >= 0.3 is 0 Å². The minimum Gasteiger partial charge on any atom is -0.494 e. The molecule has 1 amide bonds. The van der Waals surface area contributed by atoms with Crippen LogP contribution in [0.25, 0.3) is 0 Å². The zero-order valence-electron chi connectivity index (χ0n) is 15.7. The number of unbranched alkanes of at least 4 members (excludes halogenated alkanes) is 1. The van der Waals surface area contributed by atoms with E-state index in [2.05, 4.69) is 6.92 Å². The molecule has 2 atom stereocenters. The number of nitrogens with zero attached hydrogens (tertiary/aromatic N) is 1. The first-order chi connectivity index (χ1) is 12.3. The molecular weight excluding hydrogens is 352 g/mol. The fourth-order valence-corrected chi connectivity index (χ4v) is 4.04. The van der Waals surface area contributed by atoms with Gasteiger partial charge in [-0.15, -0.1) is 0 Å². The van der Waals surface area contributed by atoms with Crippen LogP contribution in [0.2, 0.25) is 0 Å². The first-order valence-electron chi connectivity index (χ1n) is 9.25. The van der Waals surface area contributed by atoms with Crippen molar-refractivity contribution in [2.24, 2.45) is 11.7 Å². The average Bonchev–Trinajstić information content (AvgIpc) is 2.60. The largest absolute Gasteiger partial charge is 0.494 e. The first-order valence-corrected chi connectivity index (χ1v) is 11.1. The predicted octanol–water partition coefficient (Wildman–Crippen LogP) is 2.23. The maximum Gasteiger partial charge on any atom is 0.222 e. The molecule has 1 aliphatic heterocycles. The van der Waals surface area contributed by atoms with E-state index in [0.29, 0.717) is 31.2 Å². The SMILES string of the molecule is C[C@H]1CCCN(C(=O)CCCCOc2ccc(S(C)(=O)=O)cc2)[C@@H]1CN. The molecule has 0 aromatic heterocycles. The molecule has 0 radical (unpaired) electrons. The van der Waals surface area contributed by atoms with Crippen molar-refractivity contribution in [3.05, 3.63) is 24.3 Å². The lowest BCUT2D eigenvalue weighted by molar-refractivity contribution is -0.136. The molecule has 0 saturated carbocycles. The molecule has 6 nitrogen and oxygen atoms in total. The van der Waals surface area contributed by atoms with Crippen LogP contribution in [-0.4, -0.2) is 51.2 Å². The number of rotatable bonds is 8. The molecule has 1 aromatic rings. The highest BCUT2D eigenvalue weighted by molar-refractivity contribution is 7.90. The molecule has 1 aromatic carbocycles. The van der Waals surface area contributed by atoms with E-state index in [1.165, 1.54) is 6.26 Å². The molecule has 1 aliphatic rings. The molecule has 1 fully saturated rings. The van der Waals surface area contributed by atoms with Gasteiger partial charge in [0.1, 0.15) is 5.75 Å². The number of ether oxygens (including phenoxy) is 1. The van der Waals surface area contributed by atoms with Crippen molar-refractivity contribution in [1.29, 1.82) is 0 Å². The standard InChI is InChI=1S/C19H30N2O4S/c1-15-6-5-12-21(18(15)14-20)19(22)7-3-4-13-25-16-8-10-17(11-9-16)26(2,23)24/h8-11,15,18H,3-7,12-14,20H2,1-2H3/t15-,18+/m0/s1. The maximum atomic E-state index is 12.5. The zero-order chi connectivity index (χ0) is 19.2. The van der Waals surface area contributed by atoms with Gasteiger partial charge in [-0.05, 0) is 55.9 Å². The lowest BCUT2D eigenvalue weighted by atomic mass is 9.90. The summed E-state index contributed by atoms with van der Waals surface area (Å²) in [5.41, 5.74) is 5.85. The smallest absolute Gasteiger partial charge is 0.222 e. The maximum absolute atomic E-state index is 12.5. The molecule has 2 rings (SSSR count). The average molecular weight is 383 g/mol. The van der Waals surface area contributed by atoms with E-state index in [-0.39, 0.29) is 16.8 Å². The van der Waals surface area contributed by atoms with Crippen LogP contribution in [0.3, 0.4) is 0 Å². The molecule has 26 heavy (non-hydrogen) atoms. The van der Waals surface area contributed by atoms with Crippen molar-refractivity contribution >= 4 is 15.7 Å². The Morgan fingerprint density at radius 1 is 1.27 bits per heavy atom. The highest BCUT2D eigenvalue weighted by atomic mass is 32.2. The van der Waals surface area contributed by atoms with E-state index in [1.807, 2.05) is 4.90 Å². The number of hydrogen-bond acceptors (Lipinski definition) is 5. The molecule has 1 heterocycles. The Morgan fingerprint density at radius 3 is 2.58 bits per heavy atom. The van der Waals surface area contributed by atoms with Crippen molar-refractivity contribution in [3.8, 4) is 5.75 Å². The Morgan fingerprint density at radius 2 is 1.96 bits per heavy atom. The van der Waals surface area contributed by atoms with Gasteiger partial charge in [0, 0.05) is 31.8 Å². The molecule has 7 heteroatoms. The number of benzene rings is 1. The number of likely N-dealkylation sites (tertiary alicyclic amines) is 1. The van der Waals surface area contributed by atoms with Crippen LogP contribution in [0.15, 0.2) is 29.2 Å². The van der Waals surface area contributed by atoms with E-state index in [1.54, 1.807) is 24.3 Å². The van der Waals surface area contributed by atoms with Crippen LogP contribution in [-0.2, 0) is 14.6 Å². The third kappa shape index (κ3) is 5.71. The number of sulfone groups is 1. The van der Waals surface area contributed by atoms with Gasteiger partial charge in [0.05, 0.1) is 11.5 Å². The Hall–Kier alpha value is -1.60. The van der Waals surface area contributed by atoms with Crippen molar-refractivity contribution in [3.63, 3.8) is 0 Å². The van der Waals surface area contributed by atoms with Crippen molar-refractivity contribution in [2.75, 3.05) is 26.0 Å². The van der Waals surface area contributed by atoms with Crippen molar-refractivity contribution < 1.29 is 17.9 Å². The van der Waals surface area contributed by atoms with Gasteiger partial charge in [0.15, 0.2) is 9.84 Å².